The van der Waals surface area contributed by atoms with Crippen molar-refractivity contribution in [2.45, 2.75) is 73.5 Å². The first-order valence-corrected chi connectivity index (χ1v) is 12.5. The fourth-order valence-electron chi connectivity index (χ4n) is 4.84. The van der Waals surface area contributed by atoms with Gasteiger partial charge >= 0.3 is 5.96 Å². The third-order valence-corrected chi connectivity index (χ3v) is 6.38. The van der Waals surface area contributed by atoms with Gasteiger partial charge in [-0.3, -0.25) is 16.5 Å². The summed E-state index contributed by atoms with van der Waals surface area (Å²) in [4.78, 5) is 12.5. The van der Waals surface area contributed by atoms with Crippen molar-refractivity contribution in [2.75, 3.05) is 10.6 Å². The number of hydrogen-bond donors (Lipinski definition) is 5. The van der Waals surface area contributed by atoms with E-state index in [-0.39, 0.29) is 5.96 Å². The van der Waals surface area contributed by atoms with Crippen molar-refractivity contribution in [1.29, 1.82) is 0 Å². The van der Waals surface area contributed by atoms with Crippen LogP contribution in [0.4, 0.5) is 11.6 Å². The molecule has 0 amide bonds. The second-order valence-electron chi connectivity index (χ2n) is 8.78. The summed E-state index contributed by atoms with van der Waals surface area (Å²) >= 11 is 0. The highest BCUT2D eigenvalue weighted by Crippen LogP contribution is 2.31. The topological polar surface area (TPSA) is 116 Å². The maximum Gasteiger partial charge on any atom is 0.339 e. The Kier molecular flexibility index (Phi) is 9.06. The van der Waals surface area contributed by atoms with Gasteiger partial charge in [-0.15, -0.1) is 0 Å². The van der Waals surface area contributed by atoms with Crippen molar-refractivity contribution >= 4 is 17.6 Å². The van der Waals surface area contributed by atoms with E-state index in [1.165, 1.54) is 33.4 Å². The van der Waals surface area contributed by atoms with E-state index in [4.69, 9.17) is 11.5 Å². The smallest absolute Gasteiger partial charge is 0.339 e. The number of aryl methyl sites for hydroxylation is 2. The summed E-state index contributed by atoms with van der Waals surface area (Å²) in [6, 6.07) is 12.1. The number of rotatable bonds is 11. The molecule has 0 atom stereocenters. The fraction of sp³-hybridized carbons (Fsp3) is 0.393. The molecule has 3 aromatic rings. The SMILES string of the molecule is CCc1c(CNc2cccc(C)n2)c(CC)c(C[NH+]=C(N)N)c(CC)c1CNc1cccc(C)n1. The standard InChI is InChI=1S/C28H39N7/c1-6-20-23(15-31-26-13-9-11-18(4)34-26)21(7-2)25(17-33-28(29)30)22(8-3)24(20)16-32-27-14-10-12-19(5)35-27/h9-14H,6-8,15-17H2,1-5H3,(H,31,34)(H,32,35)(H4,29,30,33)/p+1. The molecule has 186 valence electrons. The predicted molar refractivity (Wildman–Crippen MR) is 145 cm³/mol. The molecule has 2 heterocycles. The van der Waals surface area contributed by atoms with Gasteiger partial charge < -0.3 is 10.6 Å². The highest BCUT2D eigenvalue weighted by molar-refractivity contribution is 5.69. The molecule has 0 saturated heterocycles. The summed E-state index contributed by atoms with van der Waals surface area (Å²) in [5.41, 5.74) is 21.6. The molecule has 1 aromatic carbocycles. The predicted octanol–water partition coefficient (Wildman–Crippen LogP) is 2.86. The Hall–Kier alpha value is -3.61. The Bertz CT molecular complexity index is 1100. The van der Waals surface area contributed by atoms with Crippen LogP contribution in [-0.2, 0) is 38.9 Å². The van der Waals surface area contributed by atoms with Crippen LogP contribution in [-0.4, -0.2) is 15.9 Å². The Labute approximate surface area is 209 Å². The van der Waals surface area contributed by atoms with Crippen molar-refractivity contribution in [1.82, 2.24) is 9.97 Å². The molecular formula is C28H40N7+. The number of benzene rings is 1. The summed E-state index contributed by atoms with van der Waals surface area (Å²) in [6.45, 7) is 12.7. The van der Waals surface area contributed by atoms with Gasteiger partial charge in [-0.05, 0) is 90.8 Å². The van der Waals surface area contributed by atoms with E-state index >= 15 is 0 Å². The zero-order valence-corrected chi connectivity index (χ0v) is 21.8. The van der Waals surface area contributed by atoms with Gasteiger partial charge in [0.15, 0.2) is 0 Å². The third-order valence-electron chi connectivity index (χ3n) is 6.38. The number of pyridine rings is 2. The largest absolute Gasteiger partial charge is 0.366 e. The maximum atomic E-state index is 5.80. The molecular weight excluding hydrogens is 434 g/mol. The average Bonchev–Trinajstić information content (AvgIpc) is 2.84. The number of guanidine groups is 1. The molecule has 0 bridgehead atoms. The van der Waals surface area contributed by atoms with Crippen molar-refractivity contribution in [3.8, 4) is 0 Å². The van der Waals surface area contributed by atoms with Gasteiger partial charge in [-0.25, -0.2) is 9.97 Å². The van der Waals surface area contributed by atoms with E-state index in [1.54, 1.807) is 0 Å². The summed E-state index contributed by atoms with van der Waals surface area (Å²) in [5, 5.41) is 7.14. The minimum absolute atomic E-state index is 0.237. The zero-order valence-electron chi connectivity index (χ0n) is 21.8. The zero-order chi connectivity index (χ0) is 25.4. The molecule has 3 rings (SSSR count). The number of nitrogens with zero attached hydrogens (tertiary/aromatic N) is 2. The van der Waals surface area contributed by atoms with Gasteiger partial charge in [-0.2, -0.15) is 0 Å². The lowest BCUT2D eigenvalue weighted by atomic mass is 9.83. The van der Waals surface area contributed by atoms with Crippen LogP contribution in [0.5, 0.6) is 0 Å². The van der Waals surface area contributed by atoms with Crippen LogP contribution < -0.4 is 27.1 Å². The van der Waals surface area contributed by atoms with Gasteiger partial charge in [0.05, 0.1) is 6.54 Å². The summed E-state index contributed by atoms with van der Waals surface area (Å²) in [5.74, 6) is 2.01. The van der Waals surface area contributed by atoms with Crippen LogP contribution in [0.25, 0.3) is 0 Å². The highest BCUT2D eigenvalue weighted by Gasteiger charge is 2.21. The first-order chi connectivity index (χ1) is 16.9. The first-order valence-electron chi connectivity index (χ1n) is 12.5. The first kappa shape index (κ1) is 26.0. The van der Waals surface area contributed by atoms with Gasteiger partial charge in [-0.1, -0.05) is 32.9 Å². The summed E-state index contributed by atoms with van der Waals surface area (Å²) < 4.78 is 0. The normalized spacial score (nSPS) is 10.8. The Balaban J connectivity index is 2.11. The van der Waals surface area contributed by atoms with E-state index in [0.29, 0.717) is 19.6 Å². The van der Waals surface area contributed by atoms with E-state index < -0.39 is 0 Å². The van der Waals surface area contributed by atoms with Gasteiger partial charge in [0, 0.05) is 24.5 Å². The third kappa shape index (κ3) is 6.50. The second-order valence-corrected chi connectivity index (χ2v) is 8.78. The summed E-state index contributed by atoms with van der Waals surface area (Å²) in [7, 11) is 0. The molecule has 7 nitrogen and oxygen atoms in total. The second kappa shape index (κ2) is 12.2. The number of aromatic nitrogens is 2. The molecule has 7 heteroatoms. The fourth-order valence-corrected chi connectivity index (χ4v) is 4.84. The van der Waals surface area contributed by atoms with Crippen LogP contribution in [0.15, 0.2) is 36.4 Å². The molecule has 7 N–H and O–H groups in total. The molecule has 2 aromatic heterocycles. The minimum Gasteiger partial charge on any atom is -0.366 e. The van der Waals surface area contributed by atoms with Crippen molar-refractivity contribution in [2.24, 2.45) is 11.5 Å². The van der Waals surface area contributed by atoms with Crippen molar-refractivity contribution in [3.63, 3.8) is 0 Å². The van der Waals surface area contributed by atoms with Gasteiger partial charge in [0.1, 0.15) is 11.6 Å². The quantitative estimate of drug-likeness (QED) is 0.216. The van der Waals surface area contributed by atoms with E-state index in [2.05, 4.69) is 46.4 Å². The Morgan fingerprint density at radius 2 is 1.11 bits per heavy atom. The van der Waals surface area contributed by atoms with Crippen LogP contribution in [0.3, 0.4) is 0 Å². The van der Waals surface area contributed by atoms with E-state index in [0.717, 1.165) is 42.3 Å². The monoisotopic (exact) mass is 474 g/mol. The number of nitrogens with one attached hydrogen (secondary N) is 3. The molecule has 0 fully saturated rings. The molecule has 0 unspecified atom stereocenters. The molecule has 0 aliphatic carbocycles. The molecule has 35 heavy (non-hydrogen) atoms. The van der Waals surface area contributed by atoms with Crippen molar-refractivity contribution in [3.05, 3.63) is 81.2 Å². The number of anilines is 2. The van der Waals surface area contributed by atoms with Crippen LogP contribution in [0.2, 0.25) is 0 Å². The van der Waals surface area contributed by atoms with Gasteiger partial charge in [0.2, 0.25) is 0 Å². The number of hydrogen-bond acceptors (Lipinski definition) is 4. The van der Waals surface area contributed by atoms with Crippen LogP contribution in [0, 0.1) is 13.8 Å². The lowest BCUT2D eigenvalue weighted by Gasteiger charge is -2.26. The maximum absolute atomic E-state index is 5.80. The molecule has 0 aliphatic heterocycles. The lowest BCUT2D eigenvalue weighted by Crippen LogP contribution is -2.76. The van der Waals surface area contributed by atoms with Gasteiger partial charge in [0.25, 0.3) is 0 Å². The minimum atomic E-state index is 0.237. The molecule has 0 radical (unpaired) electrons. The van der Waals surface area contributed by atoms with Crippen molar-refractivity contribution < 1.29 is 4.99 Å². The number of nitrogens with two attached hydrogens (primary N) is 2. The Morgan fingerprint density at radius 3 is 1.49 bits per heavy atom. The lowest BCUT2D eigenvalue weighted by molar-refractivity contribution is -0.477. The average molecular weight is 475 g/mol. The van der Waals surface area contributed by atoms with E-state index in [9.17, 15) is 0 Å². The Morgan fingerprint density at radius 1 is 0.686 bits per heavy atom. The molecule has 0 aliphatic rings. The molecule has 0 spiro atoms. The summed E-state index contributed by atoms with van der Waals surface area (Å²) in [6.07, 6.45) is 2.79. The molecule has 0 saturated carbocycles. The highest BCUT2D eigenvalue weighted by atomic mass is 15.0. The van der Waals surface area contributed by atoms with Crippen LogP contribution >= 0.6 is 0 Å². The van der Waals surface area contributed by atoms with Crippen LogP contribution in [0.1, 0.15) is 65.5 Å². The van der Waals surface area contributed by atoms with E-state index in [1.807, 2.05) is 50.2 Å².